The Kier molecular flexibility index (Phi) is 3.05. The largest absolute Gasteiger partial charge is 0.397 e. The van der Waals surface area contributed by atoms with E-state index < -0.39 is 0 Å². The zero-order chi connectivity index (χ0) is 14.6. The molecule has 2 aromatic rings. The van der Waals surface area contributed by atoms with Crippen molar-refractivity contribution in [2.24, 2.45) is 11.3 Å². The summed E-state index contributed by atoms with van der Waals surface area (Å²) < 4.78 is 2.06. The number of thiophene rings is 1. The third-order valence-electron chi connectivity index (χ3n) is 4.83. The summed E-state index contributed by atoms with van der Waals surface area (Å²) in [6, 6.07) is 5.94. The van der Waals surface area contributed by atoms with Gasteiger partial charge in [-0.25, -0.2) is 0 Å². The van der Waals surface area contributed by atoms with Crippen LogP contribution in [-0.4, -0.2) is 12.5 Å². The third-order valence-corrected chi connectivity index (χ3v) is 6.49. The number of fused-ring (bicyclic) bond motifs is 1. The second-order valence-electron chi connectivity index (χ2n) is 6.30. The molecule has 1 amide bonds. The third kappa shape index (κ3) is 2.36. The Labute approximate surface area is 136 Å². The smallest absolute Gasteiger partial charge is 0.263 e. The van der Waals surface area contributed by atoms with Crippen LogP contribution in [0, 0.1) is 11.3 Å². The van der Waals surface area contributed by atoms with Crippen molar-refractivity contribution in [1.29, 1.82) is 0 Å². The van der Waals surface area contributed by atoms with Crippen molar-refractivity contribution in [1.82, 2.24) is 5.32 Å². The maximum Gasteiger partial charge on any atom is 0.263 e. The summed E-state index contributed by atoms with van der Waals surface area (Å²) in [6.45, 7) is 0.813. The zero-order valence-corrected chi connectivity index (χ0v) is 14.0. The molecule has 0 atom stereocenters. The topological polar surface area (TPSA) is 55.1 Å². The van der Waals surface area contributed by atoms with Gasteiger partial charge in [-0.3, -0.25) is 4.79 Å². The molecule has 3 nitrogen and oxygen atoms in total. The van der Waals surface area contributed by atoms with Gasteiger partial charge < -0.3 is 11.1 Å². The van der Waals surface area contributed by atoms with Gasteiger partial charge in [0.2, 0.25) is 0 Å². The van der Waals surface area contributed by atoms with E-state index >= 15 is 0 Å². The molecule has 4 rings (SSSR count). The first-order valence-electron chi connectivity index (χ1n) is 7.35. The van der Waals surface area contributed by atoms with E-state index in [-0.39, 0.29) is 5.91 Å². The Morgan fingerprint density at radius 3 is 2.86 bits per heavy atom. The van der Waals surface area contributed by atoms with Gasteiger partial charge in [-0.1, -0.05) is 22.0 Å². The van der Waals surface area contributed by atoms with Gasteiger partial charge >= 0.3 is 0 Å². The number of nitrogens with one attached hydrogen (secondary N) is 1. The monoisotopic (exact) mass is 364 g/mol. The highest BCUT2D eigenvalue weighted by Crippen LogP contribution is 2.60. The molecule has 0 radical (unpaired) electrons. The Hall–Kier alpha value is -1.07. The summed E-state index contributed by atoms with van der Waals surface area (Å²) in [7, 11) is 0. The standard InChI is InChI=1S/C16H17BrN2OS/c17-10-3-4-11-12(7-10)21-14(13(11)18)15(20)19-8-16(5-6-16)9-1-2-9/h3-4,7,9H,1-2,5-6,8,18H2,(H,19,20). The fourth-order valence-corrected chi connectivity index (χ4v) is 4.77. The van der Waals surface area contributed by atoms with Gasteiger partial charge in [0.05, 0.1) is 5.69 Å². The number of benzene rings is 1. The van der Waals surface area contributed by atoms with E-state index in [9.17, 15) is 4.79 Å². The zero-order valence-electron chi connectivity index (χ0n) is 11.6. The Morgan fingerprint density at radius 1 is 1.43 bits per heavy atom. The second-order valence-corrected chi connectivity index (χ2v) is 8.27. The molecular weight excluding hydrogens is 348 g/mol. The van der Waals surface area contributed by atoms with Crippen molar-refractivity contribution in [2.75, 3.05) is 12.3 Å². The summed E-state index contributed by atoms with van der Waals surface area (Å²) >= 11 is 4.93. The highest BCUT2D eigenvalue weighted by Gasteiger charge is 2.53. The van der Waals surface area contributed by atoms with E-state index in [4.69, 9.17) is 5.73 Å². The fraction of sp³-hybridized carbons (Fsp3) is 0.438. The lowest BCUT2D eigenvalue weighted by atomic mass is 10.0. The Bertz CT molecular complexity index is 731. The minimum atomic E-state index is -0.0169. The number of halogens is 1. The molecule has 5 heteroatoms. The van der Waals surface area contributed by atoms with Gasteiger partial charge in [0, 0.05) is 21.1 Å². The van der Waals surface area contributed by atoms with Crippen LogP contribution < -0.4 is 11.1 Å². The molecule has 1 heterocycles. The number of hydrogen-bond acceptors (Lipinski definition) is 3. The first-order valence-corrected chi connectivity index (χ1v) is 8.96. The molecule has 1 aromatic heterocycles. The highest BCUT2D eigenvalue weighted by atomic mass is 79.9. The SMILES string of the molecule is Nc1c(C(=O)NCC2(C3CC3)CC2)sc2cc(Br)ccc12. The molecule has 0 unspecified atom stereocenters. The van der Waals surface area contributed by atoms with E-state index in [2.05, 4.69) is 21.2 Å². The first kappa shape index (κ1) is 13.6. The molecule has 2 saturated carbocycles. The lowest BCUT2D eigenvalue weighted by Gasteiger charge is -2.14. The molecule has 0 saturated heterocycles. The van der Waals surface area contributed by atoms with Gasteiger partial charge in [-0.2, -0.15) is 0 Å². The van der Waals surface area contributed by atoms with Crippen LogP contribution in [0.15, 0.2) is 22.7 Å². The van der Waals surface area contributed by atoms with Crippen LogP contribution in [0.1, 0.15) is 35.4 Å². The molecule has 2 aliphatic rings. The number of hydrogen-bond donors (Lipinski definition) is 2. The fourth-order valence-electron chi connectivity index (χ4n) is 3.18. The van der Waals surface area contributed by atoms with Gasteiger partial charge in [0.1, 0.15) is 4.88 Å². The number of carbonyl (C=O) groups excluding carboxylic acids is 1. The van der Waals surface area contributed by atoms with Crippen LogP contribution in [0.2, 0.25) is 0 Å². The molecule has 3 N–H and O–H groups in total. The first-order chi connectivity index (χ1) is 10.1. The predicted molar refractivity (Wildman–Crippen MR) is 90.7 cm³/mol. The Morgan fingerprint density at radius 2 is 2.19 bits per heavy atom. The van der Waals surface area contributed by atoms with Crippen molar-refractivity contribution in [3.63, 3.8) is 0 Å². The maximum absolute atomic E-state index is 12.4. The number of amides is 1. The highest BCUT2D eigenvalue weighted by molar-refractivity contribution is 9.10. The lowest BCUT2D eigenvalue weighted by molar-refractivity contribution is 0.0947. The van der Waals surface area contributed by atoms with Gasteiger partial charge in [-0.05, 0) is 49.1 Å². The number of carbonyl (C=O) groups is 1. The number of anilines is 1. The minimum absolute atomic E-state index is 0.0169. The average molecular weight is 365 g/mol. The predicted octanol–water partition coefficient (Wildman–Crippen LogP) is 4.17. The summed E-state index contributed by atoms with van der Waals surface area (Å²) in [5.41, 5.74) is 7.18. The second kappa shape index (κ2) is 4.71. The van der Waals surface area contributed by atoms with Crippen molar-refractivity contribution >= 4 is 48.9 Å². The van der Waals surface area contributed by atoms with E-state index in [1.807, 2.05) is 18.2 Å². The molecule has 0 spiro atoms. The maximum atomic E-state index is 12.4. The molecule has 2 fully saturated rings. The van der Waals surface area contributed by atoms with Crippen LogP contribution in [-0.2, 0) is 0 Å². The molecular formula is C16H17BrN2OS. The number of nitrogen functional groups attached to an aromatic ring is 1. The number of rotatable bonds is 4. The van der Waals surface area contributed by atoms with Crippen LogP contribution in [0.25, 0.3) is 10.1 Å². The van der Waals surface area contributed by atoms with Crippen LogP contribution in [0.4, 0.5) is 5.69 Å². The van der Waals surface area contributed by atoms with Gasteiger partial charge in [0.25, 0.3) is 5.91 Å². The quantitative estimate of drug-likeness (QED) is 0.855. The van der Waals surface area contributed by atoms with Gasteiger partial charge in [-0.15, -0.1) is 11.3 Å². The normalized spacial score (nSPS) is 19.7. The van der Waals surface area contributed by atoms with E-state index in [0.29, 0.717) is 16.0 Å². The van der Waals surface area contributed by atoms with Gasteiger partial charge in [0.15, 0.2) is 0 Å². The van der Waals surface area contributed by atoms with Crippen LogP contribution in [0.3, 0.4) is 0 Å². The summed E-state index contributed by atoms with van der Waals surface area (Å²) in [4.78, 5) is 13.1. The number of nitrogens with two attached hydrogens (primary N) is 1. The molecule has 110 valence electrons. The van der Waals surface area contributed by atoms with Crippen molar-refractivity contribution in [2.45, 2.75) is 25.7 Å². The van der Waals surface area contributed by atoms with E-state index in [1.165, 1.54) is 37.0 Å². The molecule has 2 aliphatic carbocycles. The van der Waals surface area contributed by atoms with Crippen LogP contribution in [0.5, 0.6) is 0 Å². The molecule has 1 aromatic carbocycles. The van der Waals surface area contributed by atoms with E-state index in [1.54, 1.807) is 0 Å². The molecule has 0 aliphatic heterocycles. The van der Waals surface area contributed by atoms with Crippen molar-refractivity contribution in [3.05, 3.63) is 27.5 Å². The Balaban J connectivity index is 1.55. The summed E-state index contributed by atoms with van der Waals surface area (Å²) in [5, 5.41) is 4.09. The van der Waals surface area contributed by atoms with Crippen molar-refractivity contribution in [3.8, 4) is 0 Å². The van der Waals surface area contributed by atoms with Crippen LogP contribution >= 0.6 is 27.3 Å². The molecule has 0 bridgehead atoms. The average Bonchev–Trinajstić information content (AvgIpc) is 3.34. The van der Waals surface area contributed by atoms with Crippen molar-refractivity contribution < 1.29 is 4.79 Å². The summed E-state index contributed by atoms with van der Waals surface area (Å²) in [6.07, 6.45) is 5.23. The van der Waals surface area contributed by atoms with E-state index in [0.717, 1.165) is 27.0 Å². The molecule has 21 heavy (non-hydrogen) atoms. The lowest BCUT2D eigenvalue weighted by Crippen LogP contribution is -2.31. The minimum Gasteiger partial charge on any atom is -0.397 e. The summed E-state index contributed by atoms with van der Waals surface area (Å²) in [5.74, 6) is 0.838.